The highest BCUT2D eigenvalue weighted by Gasteiger charge is 2.22. The Labute approximate surface area is 87.4 Å². The van der Waals surface area contributed by atoms with Crippen molar-refractivity contribution in [1.82, 2.24) is 0 Å². The minimum atomic E-state index is -3.61. The molecule has 0 radical (unpaired) electrons. The van der Waals surface area contributed by atoms with E-state index in [-0.39, 0.29) is 4.90 Å². The second kappa shape index (κ2) is 4.41. The molecule has 0 heterocycles. The molecule has 0 fully saturated rings. The van der Waals surface area contributed by atoms with E-state index in [4.69, 9.17) is 10.8 Å². The molecule has 0 aromatic heterocycles. The number of carboxylic acids is 1. The van der Waals surface area contributed by atoms with Gasteiger partial charge in [-0.1, -0.05) is 18.2 Å². The molecule has 0 amide bonds. The molecule has 3 N–H and O–H groups in total. The number of carbonyl (C=O) groups is 1. The molecule has 0 saturated heterocycles. The largest absolute Gasteiger partial charge is 0.480 e. The highest BCUT2D eigenvalue weighted by molar-refractivity contribution is 7.91. The average Bonchev–Trinajstić information content (AvgIpc) is 2.18. The van der Waals surface area contributed by atoms with Crippen molar-refractivity contribution in [3.8, 4) is 0 Å². The lowest BCUT2D eigenvalue weighted by molar-refractivity contribution is -0.137. The summed E-state index contributed by atoms with van der Waals surface area (Å²) in [5.74, 6) is -1.92. The molecule has 1 atom stereocenters. The van der Waals surface area contributed by atoms with E-state index in [1.54, 1.807) is 18.2 Å². The van der Waals surface area contributed by atoms with E-state index in [0.29, 0.717) is 0 Å². The molecule has 0 bridgehead atoms. The van der Waals surface area contributed by atoms with Gasteiger partial charge in [-0.05, 0) is 12.1 Å². The lowest BCUT2D eigenvalue weighted by Gasteiger charge is -2.07. The summed E-state index contributed by atoms with van der Waals surface area (Å²) in [6, 6.07) is 6.23. The van der Waals surface area contributed by atoms with E-state index in [0.717, 1.165) is 0 Å². The van der Waals surface area contributed by atoms with Gasteiger partial charge in [0.05, 0.1) is 10.6 Å². The first kappa shape index (κ1) is 11.7. The van der Waals surface area contributed by atoms with E-state index in [9.17, 15) is 13.2 Å². The maximum Gasteiger partial charge on any atom is 0.321 e. The lowest BCUT2D eigenvalue weighted by atomic mass is 10.4. The van der Waals surface area contributed by atoms with Crippen LogP contribution in [0.15, 0.2) is 35.2 Å². The molecular weight excluding hydrogens is 218 g/mol. The van der Waals surface area contributed by atoms with Crippen molar-refractivity contribution in [2.24, 2.45) is 5.73 Å². The van der Waals surface area contributed by atoms with Crippen LogP contribution in [0.5, 0.6) is 0 Å². The third-order valence-corrected chi connectivity index (χ3v) is 3.61. The van der Waals surface area contributed by atoms with Gasteiger partial charge in [0.15, 0.2) is 9.84 Å². The topological polar surface area (TPSA) is 97.5 Å². The highest BCUT2D eigenvalue weighted by Crippen LogP contribution is 2.10. The minimum Gasteiger partial charge on any atom is -0.480 e. The van der Waals surface area contributed by atoms with Gasteiger partial charge >= 0.3 is 5.97 Å². The number of aliphatic carboxylic acids is 1. The van der Waals surface area contributed by atoms with Crippen molar-refractivity contribution < 1.29 is 18.3 Å². The molecule has 15 heavy (non-hydrogen) atoms. The molecule has 0 unspecified atom stereocenters. The minimum absolute atomic E-state index is 0.0849. The van der Waals surface area contributed by atoms with Gasteiger partial charge in [0.2, 0.25) is 0 Å². The fourth-order valence-electron chi connectivity index (χ4n) is 1.03. The summed E-state index contributed by atoms with van der Waals surface area (Å²) in [6.45, 7) is 0. The molecule has 0 aliphatic heterocycles. The van der Waals surface area contributed by atoms with E-state index in [1.807, 2.05) is 0 Å². The van der Waals surface area contributed by atoms with Crippen LogP contribution in [0.1, 0.15) is 0 Å². The summed E-state index contributed by atoms with van der Waals surface area (Å²) in [4.78, 5) is 10.5. The van der Waals surface area contributed by atoms with Crippen LogP contribution in [0.25, 0.3) is 0 Å². The van der Waals surface area contributed by atoms with Crippen molar-refractivity contribution in [2.45, 2.75) is 10.9 Å². The number of hydrogen-bond donors (Lipinski definition) is 2. The first-order valence-corrected chi connectivity index (χ1v) is 5.85. The maximum atomic E-state index is 11.6. The van der Waals surface area contributed by atoms with Crippen molar-refractivity contribution in [3.63, 3.8) is 0 Å². The highest BCUT2D eigenvalue weighted by atomic mass is 32.2. The Morgan fingerprint density at radius 3 is 2.33 bits per heavy atom. The van der Waals surface area contributed by atoms with Crippen LogP contribution in [-0.4, -0.2) is 31.3 Å². The quantitative estimate of drug-likeness (QED) is 0.749. The summed E-state index contributed by atoms with van der Waals surface area (Å²) < 4.78 is 23.2. The number of nitrogens with two attached hydrogens (primary N) is 1. The lowest BCUT2D eigenvalue weighted by Crippen LogP contribution is -2.37. The molecule has 0 spiro atoms. The molecule has 82 valence electrons. The number of hydrogen-bond acceptors (Lipinski definition) is 4. The van der Waals surface area contributed by atoms with Gasteiger partial charge in [0.1, 0.15) is 6.04 Å². The summed E-state index contributed by atoms with van der Waals surface area (Å²) in [6.07, 6.45) is 0. The Balaban J connectivity index is 2.91. The van der Waals surface area contributed by atoms with Crippen molar-refractivity contribution in [2.75, 3.05) is 5.75 Å². The smallest absolute Gasteiger partial charge is 0.321 e. The number of carboxylic acid groups (broad SMARTS) is 1. The Morgan fingerprint density at radius 1 is 1.33 bits per heavy atom. The molecule has 6 heteroatoms. The fraction of sp³-hybridized carbons (Fsp3) is 0.222. The SMILES string of the molecule is N[C@H](CS(=O)(=O)c1ccccc1)C(=O)O. The van der Waals surface area contributed by atoms with Gasteiger partial charge in [-0.2, -0.15) is 0 Å². The predicted molar refractivity (Wildman–Crippen MR) is 54.1 cm³/mol. The zero-order valence-electron chi connectivity index (χ0n) is 7.83. The van der Waals surface area contributed by atoms with Gasteiger partial charge < -0.3 is 10.8 Å². The first-order valence-electron chi connectivity index (χ1n) is 4.19. The summed E-state index contributed by atoms with van der Waals surface area (Å²) >= 11 is 0. The molecule has 0 aliphatic carbocycles. The Bertz CT molecular complexity index is 440. The van der Waals surface area contributed by atoms with Gasteiger partial charge in [-0.15, -0.1) is 0 Å². The van der Waals surface area contributed by atoms with Crippen LogP contribution in [-0.2, 0) is 14.6 Å². The number of benzene rings is 1. The van der Waals surface area contributed by atoms with Crippen LogP contribution < -0.4 is 5.73 Å². The molecule has 1 aromatic carbocycles. The van der Waals surface area contributed by atoms with Gasteiger partial charge in [-0.3, -0.25) is 4.79 Å². The molecule has 0 saturated carbocycles. The number of rotatable bonds is 4. The molecular formula is C9H11NO4S. The Hall–Kier alpha value is -1.40. The standard InChI is InChI=1S/C9H11NO4S/c10-8(9(11)12)6-15(13,14)7-4-2-1-3-5-7/h1-5,8H,6,10H2,(H,11,12)/t8-/m1/s1. The third-order valence-electron chi connectivity index (χ3n) is 1.82. The maximum absolute atomic E-state index is 11.6. The third kappa shape index (κ3) is 3.03. The zero-order chi connectivity index (χ0) is 11.5. The molecule has 1 rings (SSSR count). The van der Waals surface area contributed by atoms with Crippen molar-refractivity contribution >= 4 is 15.8 Å². The number of sulfone groups is 1. The van der Waals surface area contributed by atoms with Crippen molar-refractivity contribution in [3.05, 3.63) is 30.3 Å². The monoisotopic (exact) mass is 229 g/mol. The molecule has 5 nitrogen and oxygen atoms in total. The van der Waals surface area contributed by atoms with Crippen LogP contribution in [0.2, 0.25) is 0 Å². The zero-order valence-corrected chi connectivity index (χ0v) is 8.65. The van der Waals surface area contributed by atoms with E-state index in [1.165, 1.54) is 12.1 Å². The fourth-order valence-corrected chi connectivity index (χ4v) is 2.41. The summed E-state index contributed by atoms with van der Waals surface area (Å²) in [5.41, 5.74) is 5.16. The van der Waals surface area contributed by atoms with Crippen LogP contribution in [0.3, 0.4) is 0 Å². The molecule has 0 aliphatic rings. The Kier molecular flexibility index (Phi) is 3.43. The second-order valence-corrected chi connectivity index (χ2v) is 5.07. The van der Waals surface area contributed by atoms with Crippen LogP contribution in [0, 0.1) is 0 Å². The predicted octanol–water partition coefficient (Wildman–Crippen LogP) is -0.128. The Morgan fingerprint density at radius 2 is 1.87 bits per heavy atom. The molecule has 1 aromatic rings. The van der Waals surface area contributed by atoms with Gasteiger partial charge in [0.25, 0.3) is 0 Å². The van der Waals surface area contributed by atoms with E-state index >= 15 is 0 Å². The van der Waals surface area contributed by atoms with E-state index in [2.05, 4.69) is 0 Å². The van der Waals surface area contributed by atoms with Crippen molar-refractivity contribution in [1.29, 1.82) is 0 Å². The summed E-state index contributed by atoms with van der Waals surface area (Å²) in [5, 5.41) is 8.50. The van der Waals surface area contributed by atoms with Crippen LogP contribution in [0.4, 0.5) is 0 Å². The normalized spacial score (nSPS) is 13.4. The van der Waals surface area contributed by atoms with Gasteiger partial charge in [0, 0.05) is 0 Å². The summed E-state index contributed by atoms with van der Waals surface area (Å²) in [7, 11) is -3.61. The first-order chi connectivity index (χ1) is 6.93. The second-order valence-electron chi connectivity index (χ2n) is 3.04. The van der Waals surface area contributed by atoms with E-state index < -0.39 is 27.6 Å². The van der Waals surface area contributed by atoms with Crippen LogP contribution >= 0.6 is 0 Å². The van der Waals surface area contributed by atoms with Gasteiger partial charge in [-0.25, -0.2) is 8.42 Å². The average molecular weight is 229 g/mol.